The molecule has 0 saturated carbocycles. The Hall–Kier alpha value is -0.283. The smallest absolute Gasteiger partial charge is 0.0841 e. The minimum absolute atomic E-state index is 0.536. The van der Waals surface area contributed by atoms with E-state index in [-0.39, 0.29) is 0 Å². The molecule has 0 unspecified atom stereocenters. The van der Waals surface area contributed by atoms with Crippen molar-refractivity contribution in [1.82, 2.24) is 0 Å². The first-order chi connectivity index (χ1) is 8.74. The molecular formula is C11H24O6Si. The molecule has 7 heteroatoms. The van der Waals surface area contributed by atoms with Crippen molar-refractivity contribution in [2.24, 2.45) is 0 Å². The van der Waals surface area contributed by atoms with Crippen molar-refractivity contribution < 1.29 is 29.3 Å². The Morgan fingerprint density at radius 2 is 1.11 bits per heavy atom. The SMILES string of the molecule is C=C[Si](CCOOC)(CCOOC)CCOOC. The Balaban J connectivity index is 4.25. The number of rotatable bonds is 13. The van der Waals surface area contributed by atoms with E-state index in [1.807, 2.05) is 5.70 Å². The van der Waals surface area contributed by atoms with Crippen LogP contribution in [0, 0.1) is 0 Å². The summed E-state index contributed by atoms with van der Waals surface area (Å²) < 4.78 is 0. The summed E-state index contributed by atoms with van der Waals surface area (Å²) >= 11 is 0. The molecule has 0 N–H and O–H groups in total. The molecule has 0 aromatic carbocycles. The largest absolute Gasteiger partial charge is 0.240 e. The zero-order valence-electron chi connectivity index (χ0n) is 11.5. The van der Waals surface area contributed by atoms with Crippen LogP contribution in [-0.4, -0.2) is 49.2 Å². The second-order valence-corrected chi connectivity index (χ2v) is 8.42. The highest BCUT2D eigenvalue weighted by atomic mass is 28.3. The Bertz CT molecular complexity index is 175. The summed E-state index contributed by atoms with van der Waals surface area (Å²) in [6.07, 6.45) is 0. The average molecular weight is 280 g/mol. The highest BCUT2D eigenvalue weighted by molar-refractivity contribution is 6.84. The van der Waals surface area contributed by atoms with Crippen LogP contribution in [0.25, 0.3) is 0 Å². The fourth-order valence-corrected chi connectivity index (χ4v) is 4.50. The summed E-state index contributed by atoms with van der Waals surface area (Å²) in [4.78, 5) is 28.7. The van der Waals surface area contributed by atoms with Gasteiger partial charge in [-0.15, -0.1) is 12.3 Å². The summed E-state index contributed by atoms with van der Waals surface area (Å²) in [7, 11) is 2.77. The molecule has 18 heavy (non-hydrogen) atoms. The standard InChI is InChI=1S/C11H24O6Si/c1-5-18(9-6-15-12-2,10-7-16-13-3)11-8-17-14-4/h5H,1,6-11H2,2-4H3. The highest BCUT2D eigenvalue weighted by Gasteiger charge is 2.29. The van der Waals surface area contributed by atoms with E-state index in [0.29, 0.717) is 19.8 Å². The predicted octanol–water partition coefficient (Wildman–Crippen LogP) is 1.89. The minimum Gasteiger partial charge on any atom is -0.240 e. The normalized spacial score (nSPS) is 11.7. The summed E-state index contributed by atoms with van der Waals surface area (Å²) in [5, 5.41) is 0. The van der Waals surface area contributed by atoms with Crippen molar-refractivity contribution in [3.63, 3.8) is 0 Å². The Morgan fingerprint density at radius 3 is 1.33 bits per heavy atom. The van der Waals surface area contributed by atoms with E-state index in [4.69, 9.17) is 14.7 Å². The zero-order chi connectivity index (χ0) is 13.7. The van der Waals surface area contributed by atoms with Crippen LogP contribution in [0.1, 0.15) is 0 Å². The van der Waals surface area contributed by atoms with Crippen molar-refractivity contribution in [2.75, 3.05) is 41.2 Å². The van der Waals surface area contributed by atoms with Crippen LogP contribution in [-0.2, 0) is 29.3 Å². The van der Waals surface area contributed by atoms with Gasteiger partial charge >= 0.3 is 0 Å². The summed E-state index contributed by atoms with van der Waals surface area (Å²) in [5.41, 5.74) is 2.03. The lowest BCUT2D eigenvalue weighted by atomic mass is 10.8. The molecule has 0 radical (unpaired) electrons. The first-order valence-electron chi connectivity index (χ1n) is 5.85. The molecule has 0 rings (SSSR count). The van der Waals surface area contributed by atoms with Gasteiger partial charge in [0, 0.05) is 0 Å². The second-order valence-electron chi connectivity index (χ2n) is 3.78. The predicted molar refractivity (Wildman–Crippen MR) is 69.3 cm³/mol. The first-order valence-corrected chi connectivity index (χ1v) is 8.55. The van der Waals surface area contributed by atoms with Crippen molar-refractivity contribution in [2.45, 2.75) is 18.1 Å². The Labute approximate surface area is 110 Å². The third-order valence-corrected chi connectivity index (χ3v) is 7.30. The quantitative estimate of drug-likeness (QED) is 0.222. The van der Waals surface area contributed by atoms with E-state index >= 15 is 0 Å². The van der Waals surface area contributed by atoms with Crippen LogP contribution in [0.4, 0.5) is 0 Å². The van der Waals surface area contributed by atoms with Crippen molar-refractivity contribution in [3.05, 3.63) is 12.3 Å². The monoisotopic (exact) mass is 280 g/mol. The van der Waals surface area contributed by atoms with Gasteiger partial charge in [-0.1, -0.05) is 0 Å². The van der Waals surface area contributed by atoms with Crippen molar-refractivity contribution in [1.29, 1.82) is 0 Å². The maximum absolute atomic E-state index is 4.95. The molecule has 0 fully saturated rings. The maximum atomic E-state index is 4.95. The van der Waals surface area contributed by atoms with Crippen LogP contribution < -0.4 is 0 Å². The molecule has 0 aliphatic carbocycles. The van der Waals surface area contributed by atoms with E-state index in [2.05, 4.69) is 21.2 Å². The highest BCUT2D eigenvalue weighted by Crippen LogP contribution is 2.23. The lowest BCUT2D eigenvalue weighted by Crippen LogP contribution is -2.36. The van der Waals surface area contributed by atoms with Gasteiger partial charge < -0.3 is 0 Å². The third-order valence-electron chi connectivity index (χ3n) is 2.84. The van der Waals surface area contributed by atoms with Crippen LogP contribution in [0.5, 0.6) is 0 Å². The summed E-state index contributed by atoms with van der Waals surface area (Å²) in [5.74, 6) is 0. The van der Waals surface area contributed by atoms with Gasteiger partial charge in [-0.25, -0.2) is 29.3 Å². The zero-order valence-corrected chi connectivity index (χ0v) is 12.5. The van der Waals surface area contributed by atoms with E-state index < -0.39 is 8.07 Å². The number of hydrogen-bond donors (Lipinski definition) is 0. The maximum Gasteiger partial charge on any atom is 0.0841 e. The van der Waals surface area contributed by atoms with Gasteiger partial charge in [-0.05, 0) is 18.1 Å². The van der Waals surface area contributed by atoms with Crippen molar-refractivity contribution >= 4 is 8.07 Å². The first kappa shape index (κ1) is 17.7. The molecule has 0 aliphatic heterocycles. The number of hydrogen-bond acceptors (Lipinski definition) is 6. The van der Waals surface area contributed by atoms with Gasteiger partial charge in [0.05, 0.1) is 49.2 Å². The van der Waals surface area contributed by atoms with Gasteiger partial charge in [0.1, 0.15) is 0 Å². The van der Waals surface area contributed by atoms with E-state index in [1.54, 1.807) is 0 Å². The van der Waals surface area contributed by atoms with Crippen molar-refractivity contribution in [3.8, 4) is 0 Å². The second kappa shape index (κ2) is 11.8. The molecule has 0 bridgehead atoms. The molecule has 6 nitrogen and oxygen atoms in total. The van der Waals surface area contributed by atoms with E-state index in [9.17, 15) is 0 Å². The Morgan fingerprint density at radius 1 is 0.778 bits per heavy atom. The van der Waals surface area contributed by atoms with Gasteiger partial charge in [-0.3, -0.25) is 0 Å². The van der Waals surface area contributed by atoms with Crippen LogP contribution >= 0.6 is 0 Å². The van der Waals surface area contributed by atoms with Crippen LogP contribution in [0.2, 0.25) is 18.1 Å². The van der Waals surface area contributed by atoms with Gasteiger partial charge in [0.15, 0.2) is 0 Å². The lowest BCUT2D eigenvalue weighted by Gasteiger charge is -2.27. The Kier molecular flexibility index (Phi) is 11.6. The third kappa shape index (κ3) is 7.93. The molecule has 0 amide bonds. The molecule has 0 heterocycles. The van der Waals surface area contributed by atoms with Crippen LogP contribution in [0.3, 0.4) is 0 Å². The minimum atomic E-state index is -1.73. The summed E-state index contributed by atoms with van der Waals surface area (Å²) in [6, 6.07) is 2.68. The van der Waals surface area contributed by atoms with E-state index in [0.717, 1.165) is 18.1 Å². The summed E-state index contributed by atoms with van der Waals surface area (Å²) in [6.45, 7) is 5.55. The molecular weight excluding hydrogens is 256 g/mol. The molecule has 0 aromatic heterocycles. The van der Waals surface area contributed by atoms with Gasteiger partial charge in [-0.2, -0.15) is 0 Å². The van der Waals surface area contributed by atoms with E-state index in [1.165, 1.54) is 21.3 Å². The van der Waals surface area contributed by atoms with Gasteiger partial charge in [0.2, 0.25) is 0 Å². The van der Waals surface area contributed by atoms with Gasteiger partial charge in [0.25, 0.3) is 0 Å². The average Bonchev–Trinajstić information content (AvgIpc) is 2.39. The topological polar surface area (TPSA) is 55.4 Å². The molecule has 0 atom stereocenters. The molecule has 0 aliphatic rings. The van der Waals surface area contributed by atoms with Crippen LogP contribution in [0.15, 0.2) is 12.3 Å². The molecule has 0 spiro atoms. The molecule has 0 saturated heterocycles. The fraction of sp³-hybridized carbons (Fsp3) is 0.818. The molecule has 108 valence electrons. The molecule has 0 aromatic rings. The fourth-order valence-electron chi connectivity index (χ4n) is 1.67. The lowest BCUT2D eigenvalue weighted by molar-refractivity contribution is -0.271.